The van der Waals surface area contributed by atoms with E-state index < -0.39 is 17.4 Å². The largest absolute Gasteiger partial charge is 0.467 e. The normalized spacial score (nSPS) is 15.3. The smallest absolute Gasteiger partial charge is 0.328 e. The SMILES string of the molecule is COC(=O)[C@@H](NC(=O)c1nc(-c2ccccc2)n2c1CCCCC2)C(C)(C)C. The fourth-order valence-electron chi connectivity index (χ4n) is 3.66. The molecule has 0 aliphatic carbocycles. The number of hydrogen-bond acceptors (Lipinski definition) is 4. The first-order valence-corrected chi connectivity index (χ1v) is 9.86. The van der Waals surface area contributed by atoms with Crippen molar-refractivity contribution in [3.05, 3.63) is 41.7 Å². The van der Waals surface area contributed by atoms with E-state index in [2.05, 4.69) is 9.88 Å². The van der Waals surface area contributed by atoms with Crippen molar-refractivity contribution in [3.63, 3.8) is 0 Å². The monoisotopic (exact) mass is 383 g/mol. The van der Waals surface area contributed by atoms with Gasteiger partial charge in [-0.1, -0.05) is 57.5 Å². The Kier molecular flexibility index (Phi) is 5.87. The summed E-state index contributed by atoms with van der Waals surface area (Å²) in [6, 6.07) is 9.19. The van der Waals surface area contributed by atoms with Crippen molar-refractivity contribution in [1.29, 1.82) is 0 Å². The van der Waals surface area contributed by atoms with Crippen LogP contribution in [0.2, 0.25) is 0 Å². The second-order valence-corrected chi connectivity index (χ2v) is 8.35. The number of aromatic nitrogens is 2. The summed E-state index contributed by atoms with van der Waals surface area (Å²) in [5, 5.41) is 2.87. The maximum Gasteiger partial charge on any atom is 0.328 e. The number of nitrogens with one attached hydrogen (secondary N) is 1. The Labute approximate surface area is 166 Å². The zero-order valence-corrected chi connectivity index (χ0v) is 17.1. The number of methoxy groups -OCH3 is 1. The molecule has 1 atom stereocenters. The molecular weight excluding hydrogens is 354 g/mol. The number of benzene rings is 1. The van der Waals surface area contributed by atoms with Crippen LogP contribution in [0.15, 0.2) is 30.3 Å². The maximum atomic E-state index is 13.2. The average molecular weight is 383 g/mol. The number of nitrogens with zero attached hydrogens (tertiary/aromatic N) is 2. The number of ether oxygens (including phenoxy) is 1. The highest BCUT2D eigenvalue weighted by Crippen LogP contribution is 2.28. The quantitative estimate of drug-likeness (QED) is 0.819. The summed E-state index contributed by atoms with van der Waals surface area (Å²) >= 11 is 0. The molecule has 1 aliphatic rings. The van der Waals surface area contributed by atoms with Crippen LogP contribution in [0.4, 0.5) is 0 Å². The third-order valence-corrected chi connectivity index (χ3v) is 5.19. The van der Waals surface area contributed by atoms with Crippen molar-refractivity contribution >= 4 is 11.9 Å². The second-order valence-electron chi connectivity index (χ2n) is 8.35. The lowest BCUT2D eigenvalue weighted by molar-refractivity contribution is -0.145. The van der Waals surface area contributed by atoms with Gasteiger partial charge in [0, 0.05) is 12.1 Å². The van der Waals surface area contributed by atoms with E-state index >= 15 is 0 Å². The van der Waals surface area contributed by atoms with Gasteiger partial charge in [0.15, 0.2) is 0 Å². The molecule has 1 aromatic carbocycles. The first kappa shape index (κ1) is 20.1. The molecule has 1 amide bonds. The van der Waals surface area contributed by atoms with Gasteiger partial charge in [0.25, 0.3) is 5.91 Å². The molecule has 6 heteroatoms. The van der Waals surface area contributed by atoms with Crippen molar-refractivity contribution in [2.45, 2.75) is 59.0 Å². The molecule has 0 bridgehead atoms. The predicted octanol–water partition coefficient (Wildman–Crippen LogP) is 3.59. The molecule has 0 saturated carbocycles. The summed E-state index contributed by atoms with van der Waals surface area (Å²) < 4.78 is 7.07. The van der Waals surface area contributed by atoms with Crippen molar-refractivity contribution in [2.24, 2.45) is 5.41 Å². The Bertz CT molecular complexity index is 850. The molecule has 0 saturated heterocycles. The van der Waals surface area contributed by atoms with Gasteiger partial charge in [-0.3, -0.25) is 4.79 Å². The molecule has 0 spiro atoms. The molecule has 1 aliphatic heterocycles. The highest BCUT2D eigenvalue weighted by molar-refractivity contribution is 5.97. The molecule has 150 valence electrons. The van der Waals surface area contributed by atoms with Gasteiger partial charge in [0.2, 0.25) is 0 Å². The number of carbonyl (C=O) groups is 2. The van der Waals surface area contributed by atoms with Crippen LogP contribution in [-0.4, -0.2) is 34.6 Å². The predicted molar refractivity (Wildman–Crippen MR) is 108 cm³/mol. The average Bonchev–Trinajstić information content (AvgIpc) is 2.86. The summed E-state index contributed by atoms with van der Waals surface area (Å²) in [5.41, 5.74) is 1.89. The molecule has 2 aromatic rings. The van der Waals surface area contributed by atoms with Crippen LogP contribution in [0.1, 0.15) is 56.2 Å². The lowest BCUT2D eigenvalue weighted by Gasteiger charge is -2.28. The zero-order chi connectivity index (χ0) is 20.3. The number of hydrogen-bond donors (Lipinski definition) is 1. The molecule has 1 aromatic heterocycles. The van der Waals surface area contributed by atoms with Gasteiger partial charge in [-0.25, -0.2) is 9.78 Å². The van der Waals surface area contributed by atoms with E-state index in [1.807, 2.05) is 51.1 Å². The lowest BCUT2D eigenvalue weighted by atomic mass is 9.86. The molecule has 2 heterocycles. The minimum Gasteiger partial charge on any atom is -0.467 e. The van der Waals surface area contributed by atoms with Crippen molar-refractivity contribution in [1.82, 2.24) is 14.9 Å². The summed E-state index contributed by atoms with van der Waals surface area (Å²) in [6.07, 6.45) is 4.03. The molecule has 0 radical (unpaired) electrons. The van der Waals surface area contributed by atoms with Gasteiger partial charge in [0.1, 0.15) is 17.6 Å². The van der Waals surface area contributed by atoms with E-state index in [1.165, 1.54) is 7.11 Å². The second kappa shape index (κ2) is 8.17. The highest BCUT2D eigenvalue weighted by atomic mass is 16.5. The summed E-state index contributed by atoms with van der Waals surface area (Å²) in [5.74, 6) is 0.0422. The summed E-state index contributed by atoms with van der Waals surface area (Å²) in [6.45, 7) is 6.55. The van der Waals surface area contributed by atoms with E-state index in [4.69, 9.17) is 9.72 Å². The fourth-order valence-corrected chi connectivity index (χ4v) is 3.66. The Morgan fingerprint density at radius 2 is 1.86 bits per heavy atom. The summed E-state index contributed by atoms with van der Waals surface area (Å²) in [4.78, 5) is 30.1. The van der Waals surface area contributed by atoms with Gasteiger partial charge in [0.05, 0.1) is 12.8 Å². The van der Waals surface area contributed by atoms with Gasteiger partial charge < -0.3 is 14.6 Å². The Morgan fingerprint density at radius 1 is 1.14 bits per heavy atom. The molecule has 0 fully saturated rings. The Hall–Kier alpha value is -2.63. The number of esters is 1. The van der Waals surface area contributed by atoms with Gasteiger partial charge >= 0.3 is 5.97 Å². The van der Waals surface area contributed by atoms with Crippen molar-refractivity contribution in [2.75, 3.05) is 7.11 Å². The minimum atomic E-state index is -0.742. The topological polar surface area (TPSA) is 73.2 Å². The molecule has 1 N–H and O–H groups in total. The van der Waals surface area contributed by atoms with Crippen molar-refractivity contribution < 1.29 is 14.3 Å². The van der Waals surface area contributed by atoms with Crippen LogP contribution in [-0.2, 0) is 22.5 Å². The van der Waals surface area contributed by atoms with E-state index in [9.17, 15) is 9.59 Å². The van der Waals surface area contributed by atoms with Crippen LogP contribution in [0.3, 0.4) is 0 Å². The molecule has 28 heavy (non-hydrogen) atoms. The molecular formula is C22H29N3O3. The molecule has 0 unspecified atom stereocenters. The van der Waals surface area contributed by atoms with Gasteiger partial charge in [-0.2, -0.15) is 0 Å². The highest BCUT2D eigenvalue weighted by Gasteiger charge is 2.35. The number of imidazole rings is 1. The van der Waals surface area contributed by atoms with E-state index in [0.717, 1.165) is 49.3 Å². The van der Waals surface area contributed by atoms with Crippen LogP contribution in [0.5, 0.6) is 0 Å². The first-order chi connectivity index (χ1) is 13.3. The number of carbonyl (C=O) groups excluding carboxylic acids is 2. The van der Waals surface area contributed by atoms with Crippen LogP contribution in [0, 0.1) is 5.41 Å². The number of rotatable bonds is 4. The minimum absolute atomic E-state index is 0.321. The maximum absolute atomic E-state index is 13.2. The van der Waals surface area contributed by atoms with E-state index in [0.29, 0.717) is 5.69 Å². The first-order valence-electron chi connectivity index (χ1n) is 9.86. The fraction of sp³-hybridized carbons (Fsp3) is 0.500. The number of amides is 1. The zero-order valence-electron chi connectivity index (χ0n) is 17.1. The standard InChI is InChI=1S/C22H29N3O3/c1-22(2,3)18(21(27)28-4)24-20(26)17-16-13-9-6-10-14-25(16)19(23-17)15-11-7-5-8-12-15/h5,7-8,11-12,18H,6,9-10,13-14H2,1-4H3,(H,24,26)/t18-/m1/s1. The Morgan fingerprint density at radius 3 is 2.50 bits per heavy atom. The van der Waals surface area contributed by atoms with Crippen molar-refractivity contribution in [3.8, 4) is 11.4 Å². The van der Waals surface area contributed by atoms with Crippen LogP contribution < -0.4 is 5.32 Å². The molecule has 6 nitrogen and oxygen atoms in total. The van der Waals surface area contributed by atoms with Gasteiger partial charge in [-0.15, -0.1) is 0 Å². The third kappa shape index (κ3) is 4.11. The third-order valence-electron chi connectivity index (χ3n) is 5.19. The number of fused-ring (bicyclic) bond motifs is 1. The summed E-state index contributed by atoms with van der Waals surface area (Å²) in [7, 11) is 1.34. The van der Waals surface area contributed by atoms with Gasteiger partial charge in [-0.05, 0) is 24.7 Å². The Balaban J connectivity index is 2.00. The van der Waals surface area contributed by atoms with E-state index in [1.54, 1.807) is 0 Å². The van der Waals surface area contributed by atoms with Crippen LogP contribution >= 0.6 is 0 Å². The lowest BCUT2D eigenvalue weighted by Crippen LogP contribution is -2.49. The van der Waals surface area contributed by atoms with Crippen LogP contribution in [0.25, 0.3) is 11.4 Å². The molecule has 3 rings (SSSR count). The van der Waals surface area contributed by atoms with E-state index in [-0.39, 0.29) is 5.91 Å².